The quantitative estimate of drug-likeness (QED) is 0.297. The van der Waals surface area contributed by atoms with Crippen molar-refractivity contribution in [2.75, 3.05) is 6.26 Å². The number of allylic oxidation sites excluding steroid dienone is 1. The topological polar surface area (TPSA) is 52.6 Å². The summed E-state index contributed by atoms with van der Waals surface area (Å²) < 4.78 is 11.5. The smallest absolute Gasteiger partial charge is 0.338 e. The molecule has 0 amide bonds. The van der Waals surface area contributed by atoms with Crippen molar-refractivity contribution >= 4 is 34.5 Å². The van der Waals surface area contributed by atoms with Gasteiger partial charge in [-0.25, -0.2) is 9.59 Å². The summed E-state index contributed by atoms with van der Waals surface area (Å²) in [5.74, 6) is 0.0391. The van der Waals surface area contributed by atoms with E-state index in [1.165, 1.54) is 0 Å². The first-order valence-corrected chi connectivity index (χ1v) is 10.2. The summed E-state index contributed by atoms with van der Waals surface area (Å²) >= 11 is 1.62. The first kappa shape index (κ1) is 20.0. The molecular formula is C23H22O4S. The molecule has 0 aliphatic heterocycles. The first-order valence-electron chi connectivity index (χ1n) is 8.87. The molecule has 144 valence electrons. The molecule has 0 saturated heterocycles. The monoisotopic (exact) mass is 394 g/mol. The second kappa shape index (κ2) is 8.07. The number of rotatable bonds is 5. The normalized spacial score (nSPS) is 15.0. The van der Waals surface area contributed by atoms with Gasteiger partial charge in [-0.1, -0.05) is 49.6 Å². The summed E-state index contributed by atoms with van der Waals surface area (Å²) in [5.41, 5.74) is 2.35. The Hall–Kier alpha value is -2.79. The standard InChI is InChI=1S/C23H22O4S/c1-13(2)22(24)26-20-15-9-6-7-10-16(15)21(27-23(25)14(3)4)19-17(20)11-8-12-18(19)28-5/h6-10,12,18H,1,3,11H2,2,4-5H3. The molecule has 0 aromatic heterocycles. The number of ether oxygens (including phenoxy) is 2. The van der Waals surface area contributed by atoms with Gasteiger partial charge in [0, 0.05) is 33.0 Å². The number of esters is 2. The Balaban J connectivity index is 2.34. The van der Waals surface area contributed by atoms with Crippen LogP contribution in [-0.2, 0) is 16.0 Å². The van der Waals surface area contributed by atoms with Gasteiger partial charge in [0.05, 0.1) is 5.25 Å². The Morgan fingerprint density at radius 3 is 2.07 bits per heavy atom. The van der Waals surface area contributed by atoms with Crippen LogP contribution in [0.5, 0.6) is 11.5 Å². The number of thioether (sulfide) groups is 1. The summed E-state index contributed by atoms with van der Waals surface area (Å²) in [7, 11) is 0. The van der Waals surface area contributed by atoms with Crippen molar-refractivity contribution < 1.29 is 19.1 Å². The van der Waals surface area contributed by atoms with E-state index in [0.717, 1.165) is 21.9 Å². The molecule has 0 radical (unpaired) electrons. The van der Waals surface area contributed by atoms with Gasteiger partial charge in [-0.05, 0) is 26.5 Å². The fourth-order valence-corrected chi connectivity index (χ4v) is 3.89. The fraction of sp³-hybridized carbons (Fsp3) is 0.217. The highest BCUT2D eigenvalue weighted by atomic mass is 32.2. The SMILES string of the molecule is C=C(C)C(=O)Oc1c2c(c(OC(=O)C(=C)C)c3ccccc13)C(SC)C=CC2. The summed E-state index contributed by atoms with van der Waals surface area (Å²) in [5, 5.41) is 1.41. The van der Waals surface area contributed by atoms with Crippen molar-refractivity contribution in [3.05, 3.63) is 71.8 Å². The molecule has 4 nitrogen and oxygen atoms in total. The van der Waals surface area contributed by atoms with Gasteiger partial charge >= 0.3 is 11.9 Å². The molecule has 1 aliphatic rings. The van der Waals surface area contributed by atoms with Crippen molar-refractivity contribution in [1.29, 1.82) is 0 Å². The lowest BCUT2D eigenvalue weighted by molar-refractivity contribution is -0.131. The second-order valence-electron chi connectivity index (χ2n) is 6.72. The molecule has 0 fully saturated rings. The van der Waals surface area contributed by atoms with Crippen LogP contribution >= 0.6 is 11.8 Å². The predicted molar refractivity (Wildman–Crippen MR) is 114 cm³/mol. The van der Waals surface area contributed by atoms with Gasteiger partial charge in [-0.2, -0.15) is 11.8 Å². The molecule has 0 N–H and O–H groups in total. The van der Waals surface area contributed by atoms with E-state index in [2.05, 4.69) is 19.2 Å². The van der Waals surface area contributed by atoms with Crippen molar-refractivity contribution in [2.24, 2.45) is 0 Å². The number of carbonyl (C=O) groups excluding carboxylic acids is 2. The Labute approximate surface area is 168 Å². The minimum atomic E-state index is -0.478. The molecule has 0 saturated carbocycles. The van der Waals surface area contributed by atoms with Crippen LogP contribution in [0.3, 0.4) is 0 Å². The van der Waals surface area contributed by atoms with Gasteiger partial charge in [0.1, 0.15) is 11.5 Å². The zero-order valence-electron chi connectivity index (χ0n) is 16.2. The van der Waals surface area contributed by atoms with Crippen LogP contribution in [0.25, 0.3) is 10.8 Å². The minimum absolute atomic E-state index is 0.0245. The summed E-state index contributed by atoms with van der Waals surface area (Å²) in [6.07, 6.45) is 6.68. The molecule has 1 atom stereocenters. The molecular weight excluding hydrogens is 372 g/mol. The average Bonchev–Trinajstić information content (AvgIpc) is 2.69. The third-order valence-electron chi connectivity index (χ3n) is 4.52. The van der Waals surface area contributed by atoms with E-state index in [1.807, 2.05) is 36.6 Å². The van der Waals surface area contributed by atoms with Crippen LogP contribution in [0.2, 0.25) is 0 Å². The van der Waals surface area contributed by atoms with E-state index in [0.29, 0.717) is 29.1 Å². The lowest BCUT2D eigenvalue weighted by Gasteiger charge is -2.26. The van der Waals surface area contributed by atoms with E-state index in [4.69, 9.17) is 9.47 Å². The lowest BCUT2D eigenvalue weighted by atomic mass is 9.90. The van der Waals surface area contributed by atoms with Crippen LogP contribution < -0.4 is 9.47 Å². The van der Waals surface area contributed by atoms with E-state index in [1.54, 1.807) is 25.6 Å². The maximum absolute atomic E-state index is 12.3. The molecule has 2 aromatic carbocycles. The van der Waals surface area contributed by atoms with Crippen LogP contribution in [0.4, 0.5) is 0 Å². The zero-order valence-corrected chi connectivity index (χ0v) is 17.0. The number of hydrogen-bond donors (Lipinski definition) is 0. The highest BCUT2D eigenvalue weighted by molar-refractivity contribution is 7.99. The summed E-state index contributed by atoms with van der Waals surface area (Å²) in [6.45, 7) is 10.6. The molecule has 0 heterocycles. The van der Waals surface area contributed by atoms with Gasteiger partial charge in [0.25, 0.3) is 0 Å². The molecule has 1 aliphatic carbocycles. The maximum Gasteiger partial charge on any atom is 0.338 e. The Morgan fingerprint density at radius 2 is 1.54 bits per heavy atom. The fourth-order valence-electron chi connectivity index (χ4n) is 3.14. The predicted octanol–water partition coefficient (Wildman–Crippen LogP) is 5.32. The van der Waals surface area contributed by atoms with E-state index in [9.17, 15) is 9.59 Å². The summed E-state index contributed by atoms with van der Waals surface area (Å²) in [6, 6.07) is 7.46. The zero-order chi connectivity index (χ0) is 20.4. The van der Waals surface area contributed by atoms with Crippen molar-refractivity contribution in [2.45, 2.75) is 25.5 Å². The first-order chi connectivity index (χ1) is 13.3. The number of hydrogen-bond acceptors (Lipinski definition) is 5. The van der Waals surface area contributed by atoms with Gasteiger partial charge < -0.3 is 9.47 Å². The van der Waals surface area contributed by atoms with Crippen molar-refractivity contribution in [3.63, 3.8) is 0 Å². The Bertz CT molecular complexity index is 1030. The average molecular weight is 394 g/mol. The van der Waals surface area contributed by atoms with Gasteiger partial charge in [0.15, 0.2) is 0 Å². The highest BCUT2D eigenvalue weighted by Crippen LogP contribution is 2.49. The molecule has 28 heavy (non-hydrogen) atoms. The largest absolute Gasteiger partial charge is 0.422 e. The van der Waals surface area contributed by atoms with Gasteiger partial charge in [-0.15, -0.1) is 0 Å². The van der Waals surface area contributed by atoms with E-state index >= 15 is 0 Å². The maximum atomic E-state index is 12.3. The van der Waals surface area contributed by atoms with Gasteiger partial charge in [0.2, 0.25) is 0 Å². The molecule has 2 aromatic rings. The second-order valence-corrected chi connectivity index (χ2v) is 7.70. The van der Waals surface area contributed by atoms with Crippen molar-refractivity contribution in [3.8, 4) is 11.5 Å². The molecule has 1 unspecified atom stereocenters. The van der Waals surface area contributed by atoms with Crippen LogP contribution in [0.15, 0.2) is 60.7 Å². The third kappa shape index (κ3) is 3.62. The van der Waals surface area contributed by atoms with Crippen molar-refractivity contribution in [1.82, 2.24) is 0 Å². The number of carbonyl (C=O) groups is 2. The van der Waals surface area contributed by atoms with Gasteiger partial charge in [-0.3, -0.25) is 0 Å². The molecule has 0 spiro atoms. The van der Waals surface area contributed by atoms with Crippen LogP contribution in [0, 0.1) is 0 Å². The lowest BCUT2D eigenvalue weighted by Crippen LogP contribution is -2.16. The Kier molecular flexibility index (Phi) is 5.75. The Morgan fingerprint density at radius 1 is 1.00 bits per heavy atom. The number of fused-ring (bicyclic) bond motifs is 2. The van der Waals surface area contributed by atoms with Crippen LogP contribution in [-0.4, -0.2) is 18.2 Å². The molecule has 0 bridgehead atoms. The van der Waals surface area contributed by atoms with Crippen LogP contribution in [0.1, 0.15) is 30.2 Å². The molecule has 3 rings (SSSR count). The number of benzene rings is 2. The third-order valence-corrected chi connectivity index (χ3v) is 5.42. The van der Waals surface area contributed by atoms with E-state index < -0.39 is 11.9 Å². The minimum Gasteiger partial charge on any atom is -0.422 e. The van der Waals surface area contributed by atoms with E-state index in [-0.39, 0.29) is 5.25 Å². The summed E-state index contributed by atoms with van der Waals surface area (Å²) in [4.78, 5) is 24.6. The molecule has 5 heteroatoms. The highest BCUT2D eigenvalue weighted by Gasteiger charge is 2.29.